The third-order valence-electron chi connectivity index (χ3n) is 5.96. The second-order valence-corrected chi connectivity index (χ2v) is 51.4. The third-order valence-corrected chi connectivity index (χ3v) is 76.9. The molecule has 0 saturated heterocycles. The van der Waals surface area contributed by atoms with Crippen molar-refractivity contribution in [2.45, 2.75) is 65.3 Å². The summed E-state index contributed by atoms with van der Waals surface area (Å²) < 4.78 is 4.95. The van der Waals surface area contributed by atoms with E-state index in [0.29, 0.717) is 12.0 Å². The van der Waals surface area contributed by atoms with E-state index in [1.54, 1.807) is 0 Å². The molecule has 0 atom stereocenters. The van der Waals surface area contributed by atoms with E-state index in [4.69, 9.17) is 4.74 Å². The number of ether oxygens (including phenoxy) is 1. The minimum atomic E-state index is -1.70. The fraction of sp³-hybridized carbons (Fsp3) is 0.500. The minimum Gasteiger partial charge on any atom is -0.466 e. The van der Waals surface area contributed by atoms with Crippen LogP contribution in [0, 0.1) is 0 Å². The Morgan fingerprint density at radius 1 is 0.893 bits per heavy atom. The van der Waals surface area contributed by atoms with Crippen LogP contribution in [0.5, 0.6) is 0 Å². The molecule has 0 aliphatic heterocycles. The number of hydrogen-bond donors (Lipinski definition) is 0. The van der Waals surface area contributed by atoms with Gasteiger partial charge in [0.1, 0.15) is 0 Å². The maximum absolute atomic E-state index is 12.1. The molecule has 2 nitrogen and oxygen atoms in total. The van der Waals surface area contributed by atoms with Crippen molar-refractivity contribution in [2.75, 3.05) is 7.11 Å². The highest BCUT2D eigenvalue weighted by molar-refractivity contribution is 7.91. The van der Waals surface area contributed by atoms with Gasteiger partial charge in [-0.1, -0.05) is 102 Å². The number of carbonyl (C=O) groups excluding carboxylic acids is 1. The summed E-state index contributed by atoms with van der Waals surface area (Å²) in [6.07, 6.45) is 0.574. The quantitative estimate of drug-likeness (QED) is 0.260. The highest BCUT2D eigenvalue weighted by Gasteiger charge is 2.60. The molecule has 1 aromatic rings. The number of benzene rings is 1. The Morgan fingerprint density at radius 3 is 1.68 bits per heavy atom. The van der Waals surface area contributed by atoms with E-state index < -0.39 is 29.4 Å². The first-order chi connectivity index (χ1) is 12.6. The molecule has 0 amide bonds. The lowest BCUT2D eigenvalue weighted by Crippen LogP contribution is -2.82. The fourth-order valence-electron chi connectivity index (χ4n) is 5.62. The molecule has 0 aliphatic rings. The second-order valence-electron chi connectivity index (χ2n) is 10.9. The molecule has 0 aliphatic carbocycles. The number of carbonyl (C=O) groups is 1. The van der Waals surface area contributed by atoms with Gasteiger partial charge in [0, 0.05) is 34.8 Å². The van der Waals surface area contributed by atoms with E-state index in [2.05, 4.69) is 102 Å². The molecule has 6 heteroatoms. The van der Waals surface area contributed by atoms with Gasteiger partial charge >= 0.3 is 5.97 Å². The van der Waals surface area contributed by atoms with E-state index in [1.165, 1.54) is 18.2 Å². The Balaban J connectivity index is 3.83. The van der Waals surface area contributed by atoms with Crippen LogP contribution in [0.4, 0.5) is 0 Å². The van der Waals surface area contributed by atoms with E-state index in [-0.39, 0.29) is 5.97 Å². The lowest BCUT2D eigenvalue weighted by atomic mass is 10.0. The van der Waals surface area contributed by atoms with Crippen molar-refractivity contribution in [1.82, 2.24) is 0 Å². The van der Waals surface area contributed by atoms with Crippen LogP contribution in [0.1, 0.15) is 12.0 Å². The summed E-state index contributed by atoms with van der Waals surface area (Å²) in [4.78, 5) is 12.1. The summed E-state index contributed by atoms with van der Waals surface area (Å²) in [6, 6.07) is 10.6. The molecule has 0 radical (unpaired) electrons. The molecular weight excluding hydrogens is 409 g/mol. The van der Waals surface area contributed by atoms with Gasteiger partial charge in [-0.25, -0.2) is 4.79 Å². The summed E-state index contributed by atoms with van der Waals surface area (Å²) in [7, 11) is -2.91. The molecule has 1 aromatic carbocycles. The van der Waals surface area contributed by atoms with Gasteiger partial charge in [0.15, 0.2) is 0 Å². The highest BCUT2D eigenvalue weighted by atomic mass is 29.9. The molecule has 0 N–H and O–H groups in total. The Morgan fingerprint density at radius 2 is 1.32 bits per heavy atom. The van der Waals surface area contributed by atoms with E-state index in [0.717, 1.165) is 0 Å². The van der Waals surface area contributed by atoms with Gasteiger partial charge in [-0.05, 0) is 11.1 Å². The van der Waals surface area contributed by atoms with Crippen molar-refractivity contribution in [3.05, 3.63) is 53.7 Å². The zero-order valence-electron chi connectivity index (χ0n) is 19.7. The van der Waals surface area contributed by atoms with E-state index >= 15 is 0 Å². The molecule has 28 heavy (non-hydrogen) atoms. The van der Waals surface area contributed by atoms with Crippen LogP contribution in [0.25, 0.3) is 5.57 Å². The molecule has 0 unspecified atom stereocenters. The molecule has 0 spiro atoms. The maximum atomic E-state index is 12.1. The fourth-order valence-corrected chi connectivity index (χ4v) is 101. The zero-order chi connectivity index (χ0) is 22.0. The zero-order valence-corrected chi connectivity index (χ0v) is 23.7. The number of hydrogen-bond acceptors (Lipinski definition) is 2. The van der Waals surface area contributed by atoms with Gasteiger partial charge in [-0.15, -0.1) is 0 Å². The lowest BCUT2D eigenvalue weighted by molar-refractivity contribution is -0.136. The average molecular weight is 449 g/mol. The van der Waals surface area contributed by atoms with Crippen LogP contribution in [-0.4, -0.2) is 42.5 Å². The van der Waals surface area contributed by atoms with Crippen molar-refractivity contribution < 1.29 is 9.53 Å². The Hall–Kier alpha value is -0.962. The molecule has 0 fully saturated rings. The normalized spacial score (nSPS) is 14.0. The topological polar surface area (TPSA) is 26.3 Å². The maximum Gasteiger partial charge on any atom is 0.333 e. The lowest BCUT2D eigenvalue weighted by Gasteiger charge is -2.56. The monoisotopic (exact) mass is 448 g/mol. The number of allylic oxidation sites excluding steroid dienone is 1. The first-order valence-electron chi connectivity index (χ1n) is 10.1. The first-order valence-corrected chi connectivity index (χ1v) is 25.7. The number of rotatable bonds is 8. The van der Waals surface area contributed by atoms with Crippen molar-refractivity contribution in [3.63, 3.8) is 0 Å². The number of esters is 1. The first kappa shape index (κ1) is 25.1. The predicted octanol–water partition coefficient (Wildman–Crippen LogP) is 6.43. The molecule has 0 aromatic heterocycles. The van der Waals surface area contributed by atoms with Crippen molar-refractivity contribution in [1.29, 1.82) is 0 Å². The van der Waals surface area contributed by atoms with E-state index in [9.17, 15) is 4.79 Å². The second kappa shape index (κ2) is 8.81. The van der Waals surface area contributed by atoms with Crippen molar-refractivity contribution in [3.8, 4) is 0 Å². The van der Waals surface area contributed by atoms with Crippen LogP contribution >= 0.6 is 0 Å². The molecule has 0 heterocycles. The molecule has 0 saturated carbocycles. The SMILES string of the molecule is C=C(C/C(=C\[Si]([Si](C)(C)C)([Si](C)(C)C)[Si](C)(C)C)c1ccccc1)C(=O)OC. The molecule has 1 rings (SSSR count). The molecular formula is C22H40O2Si4. The van der Waals surface area contributed by atoms with Crippen LogP contribution in [-0.2, 0) is 9.53 Å². The van der Waals surface area contributed by atoms with Crippen LogP contribution in [0.3, 0.4) is 0 Å². The van der Waals surface area contributed by atoms with Crippen LogP contribution in [0.2, 0.25) is 58.9 Å². The third kappa shape index (κ3) is 5.14. The smallest absolute Gasteiger partial charge is 0.333 e. The predicted molar refractivity (Wildman–Crippen MR) is 136 cm³/mol. The molecule has 156 valence electrons. The minimum absolute atomic E-state index is 0.303. The summed E-state index contributed by atoms with van der Waals surface area (Å²) in [5.74, 6) is -0.303. The Labute approximate surface area is 176 Å². The Kier molecular flexibility index (Phi) is 7.89. The highest BCUT2D eigenvalue weighted by Crippen LogP contribution is 2.40. The van der Waals surface area contributed by atoms with Gasteiger partial charge < -0.3 is 4.74 Å². The largest absolute Gasteiger partial charge is 0.466 e. The standard InChI is InChI=1S/C22H40O2Si4/c1-19(22(23)24-2)17-21(20-15-13-12-14-16-20)18-28(25(3,4)5,26(6,7)8)27(9,10)11/h12-16,18H,1,17H2,2-11H3/b21-18+. The van der Waals surface area contributed by atoms with Crippen molar-refractivity contribution in [2.24, 2.45) is 0 Å². The van der Waals surface area contributed by atoms with Gasteiger partial charge in [-0.3, -0.25) is 0 Å². The Bertz CT molecular complexity index is 696. The van der Waals surface area contributed by atoms with Gasteiger partial charge in [0.25, 0.3) is 0 Å². The number of methoxy groups -OCH3 is 1. The van der Waals surface area contributed by atoms with Crippen LogP contribution in [0.15, 0.2) is 48.2 Å². The van der Waals surface area contributed by atoms with Gasteiger partial charge in [0.2, 0.25) is 0 Å². The van der Waals surface area contributed by atoms with Crippen molar-refractivity contribution >= 4 is 40.9 Å². The van der Waals surface area contributed by atoms with Gasteiger partial charge in [-0.2, -0.15) is 0 Å². The summed E-state index contributed by atoms with van der Waals surface area (Å²) in [5, 5.41) is 0. The average Bonchev–Trinajstić information content (AvgIpc) is 2.54. The van der Waals surface area contributed by atoms with Crippen LogP contribution < -0.4 is 0 Å². The van der Waals surface area contributed by atoms with E-state index in [1.807, 2.05) is 0 Å². The summed E-state index contributed by atoms with van der Waals surface area (Å²) in [6.45, 7) is 25.6. The summed E-state index contributed by atoms with van der Waals surface area (Å²) in [5.41, 5.74) is 5.80. The summed E-state index contributed by atoms with van der Waals surface area (Å²) >= 11 is 0. The molecule has 0 bridgehead atoms. The van der Waals surface area contributed by atoms with Gasteiger partial charge in [0.05, 0.1) is 13.7 Å².